The van der Waals surface area contributed by atoms with Gasteiger partial charge in [-0.15, -0.1) is 0 Å². The van der Waals surface area contributed by atoms with E-state index in [9.17, 15) is 10.1 Å². The van der Waals surface area contributed by atoms with Gasteiger partial charge in [-0.3, -0.25) is 9.55 Å². The predicted molar refractivity (Wildman–Crippen MR) is 48.0 cm³/mol. The lowest BCUT2D eigenvalue weighted by Crippen LogP contribution is -1.90. The molecule has 0 spiro atoms. The highest BCUT2D eigenvalue weighted by atomic mass is 16.6. The largest absolute Gasteiger partial charge is 0.381 e. The van der Waals surface area contributed by atoms with Crippen LogP contribution in [-0.4, -0.2) is 19.5 Å². The molecule has 2 aromatic rings. The average Bonchev–Trinajstić information content (AvgIpc) is 2.68. The third kappa shape index (κ3) is 1.45. The van der Waals surface area contributed by atoms with Crippen molar-refractivity contribution in [3.05, 3.63) is 47.2 Å². The quantitative estimate of drug-likeness (QED) is 0.526. The normalized spacial score (nSPS) is 10.0. The summed E-state index contributed by atoms with van der Waals surface area (Å²) >= 11 is 0. The van der Waals surface area contributed by atoms with Crippen LogP contribution in [0.5, 0.6) is 0 Å². The zero-order chi connectivity index (χ0) is 9.97. The van der Waals surface area contributed by atoms with Gasteiger partial charge < -0.3 is 10.1 Å². The van der Waals surface area contributed by atoms with E-state index in [1.165, 1.54) is 12.5 Å². The van der Waals surface area contributed by atoms with E-state index in [1.54, 1.807) is 29.1 Å². The van der Waals surface area contributed by atoms with Crippen molar-refractivity contribution >= 4 is 5.82 Å². The van der Waals surface area contributed by atoms with Crippen molar-refractivity contribution < 1.29 is 4.92 Å². The zero-order valence-corrected chi connectivity index (χ0v) is 7.07. The fourth-order valence-electron chi connectivity index (χ4n) is 1.05. The van der Waals surface area contributed by atoms with E-state index >= 15 is 0 Å². The Balaban J connectivity index is 2.39. The summed E-state index contributed by atoms with van der Waals surface area (Å²) in [6.07, 6.45) is 5.96. The first kappa shape index (κ1) is 8.36. The molecule has 0 atom stereocenters. The first-order valence-corrected chi connectivity index (χ1v) is 3.86. The van der Waals surface area contributed by atoms with Crippen LogP contribution in [0.15, 0.2) is 37.1 Å². The van der Waals surface area contributed by atoms with Gasteiger partial charge in [0.2, 0.25) is 6.33 Å². The Bertz CT molecular complexity index is 451. The minimum atomic E-state index is -0.535. The Morgan fingerprint density at radius 3 is 2.93 bits per heavy atom. The Morgan fingerprint density at radius 2 is 2.36 bits per heavy atom. The molecule has 0 amide bonds. The molecule has 2 heterocycles. The molecule has 0 aliphatic rings. The lowest BCUT2D eigenvalue weighted by Gasteiger charge is -1.96. The van der Waals surface area contributed by atoms with E-state index in [0.717, 1.165) is 5.69 Å². The molecular formula is C8H6N4O2. The zero-order valence-electron chi connectivity index (χ0n) is 7.07. The molecule has 0 unspecified atom stereocenters. The van der Waals surface area contributed by atoms with Gasteiger partial charge >= 0.3 is 5.82 Å². The van der Waals surface area contributed by atoms with Crippen LogP contribution in [0, 0.1) is 10.1 Å². The standard InChI is InChI=1S/C8H6N4O2/c13-12(14)8-5-11(6-10-8)7-2-1-3-9-4-7/h1-6H. The van der Waals surface area contributed by atoms with Gasteiger partial charge in [0.25, 0.3) is 0 Å². The molecule has 0 saturated heterocycles. The van der Waals surface area contributed by atoms with Crippen molar-refractivity contribution in [2.24, 2.45) is 0 Å². The summed E-state index contributed by atoms with van der Waals surface area (Å²) in [5, 5.41) is 10.4. The summed E-state index contributed by atoms with van der Waals surface area (Å²) in [6.45, 7) is 0. The van der Waals surface area contributed by atoms with Crippen LogP contribution in [0.4, 0.5) is 5.82 Å². The van der Waals surface area contributed by atoms with Gasteiger partial charge in [-0.1, -0.05) is 0 Å². The maximum absolute atomic E-state index is 10.4. The molecule has 70 valence electrons. The molecule has 6 nitrogen and oxygen atoms in total. The van der Waals surface area contributed by atoms with E-state index in [-0.39, 0.29) is 5.82 Å². The fraction of sp³-hybridized carbons (Fsp3) is 0. The molecule has 0 aliphatic heterocycles. The number of aromatic nitrogens is 3. The number of nitro groups is 1. The Morgan fingerprint density at radius 1 is 1.50 bits per heavy atom. The number of imidazole rings is 1. The summed E-state index contributed by atoms with van der Waals surface area (Å²) < 4.78 is 1.55. The van der Waals surface area contributed by atoms with E-state index in [1.807, 2.05) is 0 Å². The van der Waals surface area contributed by atoms with E-state index in [2.05, 4.69) is 9.97 Å². The van der Waals surface area contributed by atoms with Crippen LogP contribution in [0.2, 0.25) is 0 Å². The van der Waals surface area contributed by atoms with Crippen molar-refractivity contribution in [2.45, 2.75) is 0 Å². The first-order chi connectivity index (χ1) is 6.77. The Kier molecular flexibility index (Phi) is 1.94. The maximum atomic E-state index is 10.4. The van der Waals surface area contributed by atoms with Crippen LogP contribution in [0.1, 0.15) is 0 Å². The summed E-state index contributed by atoms with van der Waals surface area (Å²) in [5.74, 6) is -0.172. The lowest BCUT2D eigenvalue weighted by molar-refractivity contribution is -0.389. The van der Waals surface area contributed by atoms with E-state index in [0.29, 0.717) is 0 Å². The average molecular weight is 190 g/mol. The van der Waals surface area contributed by atoms with Gasteiger partial charge in [0.1, 0.15) is 6.20 Å². The van der Waals surface area contributed by atoms with Crippen molar-refractivity contribution in [3.63, 3.8) is 0 Å². The number of hydrogen-bond donors (Lipinski definition) is 0. The first-order valence-electron chi connectivity index (χ1n) is 3.86. The molecule has 0 aliphatic carbocycles. The number of nitrogens with zero attached hydrogens (tertiary/aromatic N) is 4. The Labute approximate surface area is 79.0 Å². The molecule has 0 fully saturated rings. The van der Waals surface area contributed by atoms with Gasteiger partial charge in [-0.25, -0.2) is 0 Å². The fourth-order valence-corrected chi connectivity index (χ4v) is 1.05. The van der Waals surface area contributed by atoms with Crippen molar-refractivity contribution in [3.8, 4) is 5.69 Å². The highest BCUT2D eigenvalue weighted by Gasteiger charge is 2.10. The molecule has 0 bridgehead atoms. The highest BCUT2D eigenvalue weighted by molar-refractivity contribution is 5.30. The predicted octanol–water partition coefficient (Wildman–Crippen LogP) is 1.18. The molecule has 0 saturated carbocycles. The maximum Gasteiger partial charge on any atom is 0.381 e. The van der Waals surface area contributed by atoms with Gasteiger partial charge in [-0.05, 0) is 22.0 Å². The van der Waals surface area contributed by atoms with Gasteiger partial charge in [0.05, 0.1) is 11.9 Å². The number of hydrogen-bond acceptors (Lipinski definition) is 4. The van der Waals surface area contributed by atoms with Crippen molar-refractivity contribution in [2.75, 3.05) is 0 Å². The summed E-state index contributed by atoms with van der Waals surface area (Å²) in [6, 6.07) is 3.54. The summed E-state index contributed by atoms with van der Waals surface area (Å²) in [5.41, 5.74) is 0.744. The smallest absolute Gasteiger partial charge is 0.358 e. The molecule has 14 heavy (non-hydrogen) atoms. The molecule has 6 heteroatoms. The third-order valence-corrected chi connectivity index (χ3v) is 1.70. The molecule has 0 N–H and O–H groups in total. The van der Waals surface area contributed by atoms with Crippen molar-refractivity contribution in [1.29, 1.82) is 0 Å². The summed E-state index contributed by atoms with van der Waals surface area (Å²) in [7, 11) is 0. The van der Waals surface area contributed by atoms with Crippen LogP contribution in [0.25, 0.3) is 5.69 Å². The Hall–Kier alpha value is -2.24. The topological polar surface area (TPSA) is 73.8 Å². The second-order valence-electron chi connectivity index (χ2n) is 2.61. The van der Waals surface area contributed by atoms with Crippen LogP contribution >= 0.6 is 0 Å². The highest BCUT2D eigenvalue weighted by Crippen LogP contribution is 2.10. The second kappa shape index (κ2) is 3.25. The minimum absolute atomic E-state index is 0.172. The molecule has 2 rings (SSSR count). The molecular weight excluding hydrogens is 184 g/mol. The third-order valence-electron chi connectivity index (χ3n) is 1.70. The molecule has 0 aromatic carbocycles. The number of pyridine rings is 1. The number of rotatable bonds is 2. The van der Waals surface area contributed by atoms with Gasteiger partial charge in [0, 0.05) is 6.20 Å². The van der Waals surface area contributed by atoms with Crippen LogP contribution in [-0.2, 0) is 0 Å². The van der Waals surface area contributed by atoms with Gasteiger partial charge in [-0.2, -0.15) is 0 Å². The van der Waals surface area contributed by atoms with Crippen molar-refractivity contribution in [1.82, 2.24) is 14.5 Å². The van der Waals surface area contributed by atoms with Crippen LogP contribution in [0.3, 0.4) is 0 Å². The van der Waals surface area contributed by atoms with E-state index < -0.39 is 4.92 Å². The lowest BCUT2D eigenvalue weighted by atomic mass is 10.4. The SMILES string of the molecule is O=[N+]([O-])c1cn(-c2cccnc2)cn1. The molecule has 2 aromatic heterocycles. The monoisotopic (exact) mass is 190 g/mol. The second-order valence-corrected chi connectivity index (χ2v) is 2.61. The van der Waals surface area contributed by atoms with E-state index in [4.69, 9.17) is 0 Å². The minimum Gasteiger partial charge on any atom is -0.358 e. The van der Waals surface area contributed by atoms with Crippen LogP contribution < -0.4 is 0 Å². The van der Waals surface area contributed by atoms with Gasteiger partial charge in [0.15, 0.2) is 0 Å². The molecule has 0 radical (unpaired) electrons. The summed E-state index contributed by atoms with van der Waals surface area (Å²) in [4.78, 5) is 17.3.